The van der Waals surface area contributed by atoms with Crippen LogP contribution in [0.1, 0.15) is 56.0 Å². The second kappa shape index (κ2) is 6.97. The predicted octanol–water partition coefficient (Wildman–Crippen LogP) is 4.15. The van der Waals surface area contributed by atoms with Crippen molar-refractivity contribution >= 4 is 16.7 Å². The van der Waals surface area contributed by atoms with E-state index in [0.29, 0.717) is 18.0 Å². The smallest absolute Gasteiger partial charge is 0.132 e. The zero-order valence-electron chi connectivity index (χ0n) is 15.9. The fourth-order valence-corrected chi connectivity index (χ4v) is 4.72. The van der Waals surface area contributed by atoms with E-state index in [1.165, 1.54) is 24.1 Å². The second-order valence-corrected chi connectivity index (χ2v) is 8.06. The maximum Gasteiger partial charge on any atom is 0.132 e. The lowest BCUT2D eigenvalue weighted by Crippen LogP contribution is -2.38. The van der Waals surface area contributed by atoms with Gasteiger partial charge in [-0.05, 0) is 38.2 Å². The van der Waals surface area contributed by atoms with E-state index in [1.807, 2.05) is 6.20 Å². The highest BCUT2D eigenvalue weighted by Gasteiger charge is 2.30. The monoisotopic (exact) mass is 361 g/mol. The van der Waals surface area contributed by atoms with E-state index >= 15 is 0 Å². The van der Waals surface area contributed by atoms with Crippen LogP contribution >= 0.6 is 0 Å². The van der Waals surface area contributed by atoms with Crippen LogP contribution in [-0.2, 0) is 0 Å². The van der Waals surface area contributed by atoms with Crippen LogP contribution in [0.25, 0.3) is 11.0 Å². The van der Waals surface area contributed by atoms with Crippen LogP contribution in [0.4, 0.5) is 5.69 Å². The average molecular weight is 361 g/mol. The molecule has 3 aromatic rings. The lowest BCUT2D eigenvalue weighted by molar-refractivity contribution is 0.300. The van der Waals surface area contributed by atoms with Gasteiger partial charge in [0.1, 0.15) is 11.3 Å². The third-order valence-corrected chi connectivity index (χ3v) is 6.07. The quantitative estimate of drug-likeness (QED) is 0.736. The third kappa shape index (κ3) is 3.21. The van der Waals surface area contributed by atoms with E-state index in [1.54, 1.807) is 0 Å². The molecule has 5 nitrogen and oxygen atoms in total. The number of aromatic nitrogens is 3. The van der Waals surface area contributed by atoms with Crippen molar-refractivity contribution in [3.05, 3.63) is 54.1 Å². The van der Waals surface area contributed by atoms with Gasteiger partial charge in [0, 0.05) is 37.3 Å². The first kappa shape index (κ1) is 16.8. The van der Waals surface area contributed by atoms with Crippen LogP contribution in [0.2, 0.25) is 0 Å². The molecule has 27 heavy (non-hydrogen) atoms. The number of benzene rings is 1. The third-order valence-electron chi connectivity index (χ3n) is 6.07. The van der Waals surface area contributed by atoms with Crippen LogP contribution in [-0.4, -0.2) is 34.1 Å². The van der Waals surface area contributed by atoms with Crippen molar-refractivity contribution in [3.63, 3.8) is 0 Å². The Balaban J connectivity index is 1.46. The van der Waals surface area contributed by atoms with Crippen molar-refractivity contribution in [2.24, 2.45) is 0 Å². The number of rotatable bonds is 3. The van der Waals surface area contributed by atoms with Gasteiger partial charge in [0.2, 0.25) is 0 Å². The molecule has 0 bridgehead atoms. The van der Waals surface area contributed by atoms with Crippen molar-refractivity contribution < 1.29 is 0 Å². The Morgan fingerprint density at radius 1 is 1.07 bits per heavy atom. The van der Waals surface area contributed by atoms with Crippen LogP contribution in [0, 0.1) is 0 Å². The van der Waals surface area contributed by atoms with E-state index in [4.69, 9.17) is 9.97 Å². The molecule has 0 amide bonds. The molecule has 5 heteroatoms. The van der Waals surface area contributed by atoms with Crippen molar-refractivity contribution in [2.75, 3.05) is 18.0 Å². The molecular formula is C22H27N5. The SMILES string of the molecule is CC1CC(c2ncc3[nH]cc(N4CCCC4)c3n2)CC(c2ccccc2)N1. The molecule has 5 rings (SSSR count). The lowest BCUT2D eigenvalue weighted by Gasteiger charge is -2.34. The molecule has 2 aliphatic rings. The van der Waals surface area contributed by atoms with Gasteiger partial charge < -0.3 is 15.2 Å². The van der Waals surface area contributed by atoms with E-state index in [2.05, 4.69) is 58.7 Å². The number of nitrogens with one attached hydrogen (secondary N) is 2. The summed E-state index contributed by atoms with van der Waals surface area (Å²) in [5, 5.41) is 3.75. The predicted molar refractivity (Wildman–Crippen MR) is 109 cm³/mol. The van der Waals surface area contributed by atoms with Crippen LogP contribution in [0.15, 0.2) is 42.7 Å². The van der Waals surface area contributed by atoms with Crippen LogP contribution in [0.3, 0.4) is 0 Å². The van der Waals surface area contributed by atoms with Crippen molar-refractivity contribution in [1.29, 1.82) is 0 Å². The van der Waals surface area contributed by atoms with Gasteiger partial charge in [-0.1, -0.05) is 30.3 Å². The average Bonchev–Trinajstić information content (AvgIpc) is 3.37. The summed E-state index contributed by atoms with van der Waals surface area (Å²) in [6.45, 7) is 4.53. The molecular weight excluding hydrogens is 334 g/mol. The van der Waals surface area contributed by atoms with Crippen LogP contribution in [0.5, 0.6) is 0 Å². The summed E-state index contributed by atoms with van der Waals surface area (Å²) < 4.78 is 0. The van der Waals surface area contributed by atoms with Gasteiger partial charge in [0.05, 0.1) is 17.4 Å². The number of piperidine rings is 1. The lowest BCUT2D eigenvalue weighted by atomic mass is 9.85. The second-order valence-electron chi connectivity index (χ2n) is 8.06. The summed E-state index contributed by atoms with van der Waals surface area (Å²) in [6, 6.07) is 11.6. The first-order valence-corrected chi connectivity index (χ1v) is 10.2. The molecule has 0 spiro atoms. The maximum atomic E-state index is 5.05. The Morgan fingerprint density at radius 2 is 1.89 bits per heavy atom. The zero-order valence-corrected chi connectivity index (χ0v) is 15.9. The highest BCUT2D eigenvalue weighted by atomic mass is 15.2. The summed E-state index contributed by atoms with van der Waals surface area (Å²) in [5.41, 5.74) is 4.73. The first-order valence-electron chi connectivity index (χ1n) is 10.2. The Morgan fingerprint density at radius 3 is 2.70 bits per heavy atom. The molecule has 2 saturated heterocycles. The maximum absolute atomic E-state index is 5.05. The van der Waals surface area contributed by atoms with Gasteiger partial charge in [-0.3, -0.25) is 0 Å². The molecule has 1 aromatic carbocycles. The summed E-state index contributed by atoms with van der Waals surface area (Å²) >= 11 is 0. The topological polar surface area (TPSA) is 56.8 Å². The molecule has 2 N–H and O–H groups in total. The van der Waals surface area contributed by atoms with E-state index in [9.17, 15) is 0 Å². The molecule has 4 heterocycles. The molecule has 0 saturated carbocycles. The fraction of sp³-hybridized carbons (Fsp3) is 0.455. The van der Waals surface area contributed by atoms with Gasteiger partial charge in [0.15, 0.2) is 0 Å². The molecule has 0 radical (unpaired) electrons. The molecule has 2 fully saturated rings. The number of fused-ring (bicyclic) bond motifs is 1. The number of hydrogen-bond acceptors (Lipinski definition) is 4. The number of nitrogens with zero attached hydrogens (tertiary/aromatic N) is 3. The minimum absolute atomic E-state index is 0.364. The largest absolute Gasteiger partial charge is 0.369 e. The van der Waals surface area contributed by atoms with Crippen molar-refractivity contribution in [2.45, 2.75) is 50.6 Å². The number of hydrogen-bond donors (Lipinski definition) is 2. The number of H-pyrrole nitrogens is 1. The number of aromatic amines is 1. The van der Waals surface area contributed by atoms with E-state index in [0.717, 1.165) is 42.8 Å². The van der Waals surface area contributed by atoms with Crippen molar-refractivity contribution in [1.82, 2.24) is 20.3 Å². The summed E-state index contributed by atoms with van der Waals surface area (Å²) in [7, 11) is 0. The van der Waals surface area contributed by atoms with E-state index < -0.39 is 0 Å². The minimum Gasteiger partial charge on any atom is -0.369 e. The molecule has 2 aromatic heterocycles. The van der Waals surface area contributed by atoms with Gasteiger partial charge in [0.25, 0.3) is 0 Å². The standard InChI is InChI=1S/C22H27N5/c1-15-11-17(12-18(25-15)16-7-3-2-4-8-16)22-24-13-19-21(26-22)20(14-23-19)27-9-5-6-10-27/h2-4,7-8,13-15,17-18,23,25H,5-6,9-12H2,1H3. The Kier molecular flexibility index (Phi) is 4.32. The molecule has 0 aliphatic carbocycles. The highest BCUT2D eigenvalue weighted by molar-refractivity contribution is 5.88. The Labute approximate surface area is 160 Å². The molecule has 140 valence electrons. The van der Waals surface area contributed by atoms with Gasteiger partial charge in [-0.15, -0.1) is 0 Å². The highest BCUT2D eigenvalue weighted by Crippen LogP contribution is 2.36. The Bertz CT molecular complexity index is 913. The fourth-order valence-electron chi connectivity index (χ4n) is 4.72. The summed E-state index contributed by atoms with van der Waals surface area (Å²) in [6.07, 6.45) is 8.75. The van der Waals surface area contributed by atoms with Gasteiger partial charge >= 0.3 is 0 Å². The Hall–Kier alpha value is -2.40. The van der Waals surface area contributed by atoms with Crippen LogP contribution < -0.4 is 10.2 Å². The van der Waals surface area contributed by atoms with Gasteiger partial charge in [-0.25, -0.2) is 9.97 Å². The minimum atomic E-state index is 0.364. The van der Waals surface area contributed by atoms with Crippen molar-refractivity contribution in [3.8, 4) is 0 Å². The number of anilines is 1. The summed E-state index contributed by atoms with van der Waals surface area (Å²) in [5.74, 6) is 1.38. The molecule has 3 unspecified atom stereocenters. The molecule has 2 aliphatic heterocycles. The zero-order chi connectivity index (χ0) is 18.2. The first-order chi connectivity index (χ1) is 13.3. The van der Waals surface area contributed by atoms with Gasteiger partial charge in [-0.2, -0.15) is 0 Å². The molecule has 3 atom stereocenters. The van der Waals surface area contributed by atoms with E-state index in [-0.39, 0.29) is 0 Å². The normalized spacial score (nSPS) is 26.0. The summed E-state index contributed by atoms with van der Waals surface area (Å²) in [4.78, 5) is 15.6.